The van der Waals surface area contributed by atoms with Crippen molar-refractivity contribution in [2.45, 2.75) is 13.8 Å². The second-order valence-electron chi connectivity index (χ2n) is 7.48. The van der Waals surface area contributed by atoms with Crippen molar-refractivity contribution in [1.82, 2.24) is 9.99 Å². The number of halogens is 1. The van der Waals surface area contributed by atoms with Crippen molar-refractivity contribution in [2.24, 2.45) is 5.10 Å². The lowest BCUT2D eigenvalue weighted by Gasteiger charge is -2.21. The number of sulfonamides is 1. The van der Waals surface area contributed by atoms with Crippen LogP contribution in [0.3, 0.4) is 0 Å². The highest BCUT2D eigenvalue weighted by Gasteiger charge is 2.22. The third-order valence-electron chi connectivity index (χ3n) is 4.95. The number of hydrogen-bond acceptors (Lipinski definition) is 6. The molecule has 0 bridgehead atoms. The normalized spacial score (nSPS) is 11.5. The zero-order valence-electron chi connectivity index (χ0n) is 18.6. The van der Waals surface area contributed by atoms with Gasteiger partial charge < -0.3 is 4.57 Å². The highest BCUT2D eigenvalue weighted by Crippen LogP contribution is 2.24. The van der Waals surface area contributed by atoms with Crippen LogP contribution < -0.4 is 9.73 Å². The lowest BCUT2D eigenvalue weighted by molar-refractivity contribution is -0.384. The summed E-state index contributed by atoms with van der Waals surface area (Å²) in [6.45, 7) is 3.28. The maximum absolute atomic E-state index is 12.4. The number of non-ortho nitro benzene ring substituents is 1. The molecular weight excluding hydrogens is 526 g/mol. The topological polar surface area (TPSA) is 127 Å². The van der Waals surface area contributed by atoms with Crippen molar-refractivity contribution < 1.29 is 18.1 Å². The highest BCUT2D eigenvalue weighted by atomic mass is 79.9. The number of amides is 1. The molecule has 0 aliphatic rings. The maximum atomic E-state index is 12.4. The molecule has 10 nitrogen and oxygen atoms in total. The Kier molecular flexibility index (Phi) is 7.52. The average Bonchev–Trinajstić information content (AvgIpc) is 3.04. The van der Waals surface area contributed by atoms with E-state index in [2.05, 4.69) is 26.5 Å². The number of aromatic nitrogens is 1. The lowest BCUT2D eigenvalue weighted by Crippen LogP contribution is -2.39. The van der Waals surface area contributed by atoms with E-state index in [4.69, 9.17) is 0 Å². The first-order valence-electron chi connectivity index (χ1n) is 9.96. The molecule has 1 N–H and O–H groups in total. The Balaban J connectivity index is 1.76. The van der Waals surface area contributed by atoms with Gasteiger partial charge >= 0.3 is 0 Å². The summed E-state index contributed by atoms with van der Waals surface area (Å²) in [6.07, 6.45) is 2.39. The van der Waals surface area contributed by atoms with Crippen molar-refractivity contribution >= 4 is 49.4 Å². The summed E-state index contributed by atoms with van der Waals surface area (Å²) >= 11 is 3.47. The minimum absolute atomic E-state index is 0.00778. The molecule has 178 valence electrons. The number of nitro benzene ring substituents is 1. The molecule has 0 atom stereocenters. The first-order valence-corrected chi connectivity index (χ1v) is 12.6. The quantitative estimate of drug-likeness (QED) is 0.261. The number of hydrazone groups is 1. The molecule has 0 unspecified atom stereocenters. The number of benzene rings is 2. The largest absolute Gasteiger partial charge is 0.318 e. The van der Waals surface area contributed by atoms with E-state index >= 15 is 0 Å². The van der Waals surface area contributed by atoms with Crippen molar-refractivity contribution in [3.63, 3.8) is 0 Å². The average molecular weight is 548 g/mol. The Morgan fingerprint density at radius 1 is 1.21 bits per heavy atom. The monoisotopic (exact) mass is 547 g/mol. The van der Waals surface area contributed by atoms with E-state index in [1.54, 1.807) is 0 Å². The van der Waals surface area contributed by atoms with Crippen molar-refractivity contribution in [3.05, 3.63) is 86.1 Å². The van der Waals surface area contributed by atoms with Crippen LogP contribution in [-0.2, 0) is 14.8 Å². The number of hydrogen-bond donors (Lipinski definition) is 1. The Labute approximate surface area is 205 Å². The molecule has 1 heterocycles. The predicted octanol–water partition coefficient (Wildman–Crippen LogP) is 3.68. The Bertz CT molecular complexity index is 1380. The molecule has 2 aromatic carbocycles. The Morgan fingerprint density at radius 3 is 2.56 bits per heavy atom. The molecule has 0 saturated carbocycles. The first-order chi connectivity index (χ1) is 16.0. The van der Waals surface area contributed by atoms with E-state index in [9.17, 15) is 23.3 Å². The third-order valence-corrected chi connectivity index (χ3v) is 6.58. The summed E-state index contributed by atoms with van der Waals surface area (Å²) in [6, 6.07) is 14.8. The fraction of sp³-hybridized carbons (Fsp3) is 0.182. The van der Waals surface area contributed by atoms with Gasteiger partial charge in [-0.3, -0.25) is 19.2 Å². The maximum Gasteiger partial charge on any atom is 0.271 e. The molecule has 0 radical (unpaired) electrons. The number of anilines is 1. The molecule has 0 aliphatic carbocycles. The van der Waals surface area contributed by atoms with Gasteiger partial charge in [-0.15, -0.1) is 0 Å². The molecule has 0 fully saturated rings. The number of rotatable bonds is 8. The standard InChI is InChI=1S/C22H22BrN5O5S/c1-15-10-17(16(2)27(15)20-8-4-6-18(23)11-20)13-24-25-22(29)14-26(34(3,32)33)19-7-5-9-21(12-19)28(30)31/h4-13H,14H2,1-3H3,(H,25,29)/b24-13-. The minimum atomic E-state index is -3.89. The summed E-state index contributed by atoms with van der Waals surface area (Å²) in [5, 5.41) is 15.0. The van der Waals surface area contributed by atoms with Gasteiger partial charge in [0.1, 0.15) is 6.54 Å². The highest BCUT2D eigenvalue weighted by molar-refractivity contribution is 9.10. The molecule has 0 spiro atoms. The summed E-state index contributed by atoms with van der Waals surface area (Å²) < 4.78 is 28.2. The Hall–Kier alpha value is -3.51. The second-order valence-corrected chi connectivity index (χ2v) is 10.3. The van der Waals surface area contributed by atoms with Crippen LogP contribution in [0.4, 0.5) is 11.4 Å². The minimum Gasteiger partial charge on any atom is -0.318 e. The van der Waals surface area contributed by atoms with E-state index in [0.29, 0.717) is 0 Å². The molecule has 1 amide bonds. The second kappa shape index (κ2) is 10.2. The molecule has 12 heteroatoms. The van der Waals surface area contributed by atoms with Gasteiger partial charge in [0.15, 0.2) is 0 Å². The van der Waals surface area contributed by atoms with Crippen LogP contribution in [0.5, 0.6) is 0 Å². The van der Waals surface area contributed by atoms with Gasteiger partial charge in [0, 0.05) is 39.2 Å². The van der Waals surface area contributed by atoms with Gasteiger partial charge in [-0.25, -0.2) is 13.8 Å². The van der Waals surface area contributed by atoms with Gasteiger partial charge in [-0.1, -0.05) is 28.1 Å². The van der Waals surface area contributed by atoms with E-state index in [1.165, 1.54) is 24.4 Å². The van der Waals surface area contributed by atoms with Gasteiger partial charge in [0.05, 0.1) is 23.1 Å². The van der Waals surface area contributed by atoms with E-state index < -0.39 is 27.4 Å². The predicted molar refractivity (Wildman–Crippen MR) is 134 cm³/mol. The molecule has 1 aromatic heterocycles. The van der Waals surface area contributed by atoms with Crippen molar-refractivity contribution in [3.8, 4) is 5.69 Å². The fourth-order valence-corrected chi connectivity index (χ4v) is 4.67. The number of nitrogens with one attached hydrogen (secondary N) is 1. The molecule has 3 rings (SSSR count). The van der Waals surface area contributed by atoms with Gasteiger partial charge in [0.2, 0.25) is 10.0 Å². The summed E-state index contributed by atoms with van der Waals surface area (Å²) in [5.74, 6) is -0.700. The van der Waals surface area contributed by atoms with E-state index in [-0.39, 0.29) is 11.4 Å². The van der Waals surface area contributed by atoms with Gasteiger partial charge in [-0.05, 0) is 44.2 Å². The molecule has 3 aromatic rings. The molecule has 0 saturated heterocycles. The number of carbonyl (C=O) groups is 1. The first kappa shape index (κ1) is 25.1. The summed E-state index contributed by atoms with van der Waals surface area (Å²) in [4.78, 5) is 22.8. The van der Waals surface area contributed by atoms with E-state index in [0.717, 1.165) is 43.7 Å². The van der Waals surface area contributed by atoms with Crippen LogP contribution >= 0.6 is 15.9 Å². The SMILES string of the molecule is Cc1cc(/C=N\NC(=O)CN(c2cccc([N+](=O)[O-])c2)S(C)(=O)=O)c(C)n1-c1cccc(Br)c1. The van der Waals surface area contributed by atoms with E-state index in [1.807, 2.05) is 48.7 Å². The van der Waals surface area contributed by atoms with Gasteiger partial charge in [0.25, 0.3) is 11.6 Å². The van der Waals surface area contributed by atoms with Crippen LogP contribution in [-0.4, -0.2) is 42.8 Å². The van der Waals surface area contributed by atoms with Crippen LogP contribution in [0, 0.1) is 24.0 Å². The zero-order chi connectivity index (χ0) is 25.0. The summed E-state index contributed by atoms with van der Waals surface area (Å²) in [7, 11) is -3.89. The third kappa shape index (κ3) is 5.88. The zero-order valence-corrected chi connectivity index (χ0v) is 21.0. The van der Waals surface area contributed by atoms with Crippen LogP contribution in [0.25, 0.3) is 5.69 Å². The molecule has 34 heavy (non-hydrogen) atoms. The Morgan fingerprint density at radius 2 is 1.91 bits per heavy atom. The smallest absolute Gasteiger partial charge is 0.271 e. The summed E-state index contributed by atoms with van der Waals surface area (Å²) in [5.41, 5.74) is 5.66. The van der Waals surface area contributed by atoms with Crippen molar-refractivity contribution in [1.29, 1.82) is 0 Å². The number of nitro groups is 1. The molecular formula is C22H22BrN5O5S. The number of carbonyl (C=O) groups excluding carboxylic acids is 1. The van der Waals surface area contributed by atoms with Gasteiger partial charge in [-0.2, -0.15) is 5.10 Å². The number of aryl methyl sites for hydroxylation is 1. The van der Waals surface area contributed by atoms with Crippen LogP contribution in [0.2, 0.25) is 0 Å². The van der Waals surface area contributed by atoms with Crippen LogP contribution in [0.15, 0.2) is 64.2 Å². The molecule has 0 aliphatic heterocycles. The van der Waals surface area contributed by atoms with Crippen molar-refractivity contribution in [2.75, 3.05) is 17.1 Å². The fourth-order valence-electron chi connectivity index (χ4n) is 3.43. The lowest BCUT2D eigenvalue weighted by atomic mass is 10.2. The number of nitrogens with zero attached hydrogens (tertiary/aromatic N) is 4. The van der Waals surface area contributed by atoms with Crippen LogP contribution in [0.1, 0.15) is 17.0 Å².